The number of rotatable bonds is 3. The molecule has 5 nitrogen and oxygen atoms in total. The van der Waals surface area contributed by atoms with Crippen LogP contribution in [0.4, 0.5) is 0 Å². The quantitative estimate of drug-likeness (QED) is 0.738. The molecule has 0 saturated heterocycles. The van der Waals surface area contributed by atoms with Crippen LogP contribution in [-0.2, 0) is 10.0 Å². The molecule has 3 rings (SSSR count). The van der Waals surface area contributed by atoms with Crippen LogP contribution in [0.3, 0.4) is 0 Å². The van der Waals surface area contributed by atoms with Crippen LogP contribution in [0.15, 0.2) is 52.0 Å². The van der Waals surface area contributed by atoms with E-state index in [0.29, 0.717) is 5.39 Å². The topological polar surface area (TPSA) is 72.2 Å². The van der Waals surface area contributed by atoms with E-state index in [2.05, 4.69) is 20.9 Å². The number of halogens is 1. The number of benzene rings is 1. The predicted octanol–water partition coefficient (Wildman–Crippen LogP) is 3.40. The third-order valence-electron chi connectivity index (χ3n) is 3.62. The molecule has 2 heterocycles. The van der Waals surface area contributed by atoms with E-state index in [9.17, 15) is 13.5 Å². The molecule has 2 aromatic heterocycles. The summed E-state index contributed by atoms with van der Waals surface area (Å²) in [5.41, 5.74) is 1.54. The van der Waals surface area contributed by atoms with Gasteiger partial charge in [-0.25, -0.2) is 17.4 Å². The van der Waals surface area contributed by atoms with Gasteiger partial charge in [-0.2, -0.15) is 0 Å². The van der Waals surface area contributed by atoms with Crippen LogP contribution in [0, 0.1) is 6.92 Å². The summed E-state index contributed by atoms with van der Waals surface area (Å²) in [4.78, 5) is 4.35. The smallest absolute Gasteiger partial charge is 0.269 e. The van der Waals surface area contributed by atoms with Gasteiger partial charge in [0.25, 0.3) is 10.0 Å². The summed E-state index contributed by atoms with van der Waals surface area (Å²) in [6.45, 7) is 3.42. The first-order valence-electron chi connectivity index (χ1n) is 6.98. The number of aliphatic hydroxyl groups is 1. The Hall–Kier alpha value is -1.70. The van der Waals surface area contributed by atoms with E-state index in [4.69, 9.17) is 0 Å². The van der Waals surface area contributed by atoms with E-state index < -0.39 is 16.1 Å². The molecule has 0 spiro atoms. The maximum Gasteiger partial charge on any atom is 0.269 e. The van der Waals surface area contributed by atoms with Gasteiger partial charge in [0.1, 0.15) is 0 Å². The normalized spacial score (nSPS) is 13.4. The van der Waals surface area contributed by atoms with Crippen molar-refractivity contribution in [1.82, 2.24) is 8.96 Å². The molecular formula is C16H15BrN2O3S. The number of aliphatic hydroxyl groups excluding tert-OH is 1. The molecule has 120 valence electrons. The van der Waals surface area contributed by atoms with Crippen LogP contribution >= 0.6 is 15.9 Å². The molecule has 0 bridgehead atoms. The Kier molecular flexibility index (Phi) is 4.03. The molecule has 1 N–H and O–H groups in total. The van der Waals surface area contributed by atoms with Gasteiger partial charge in [0.05, 0.1) is 16.7 Å². The lowest BCUT2D eigenvalue weighted by Crippen LogP contribution is -2.17. The number of nitrogens with zero attached hydrogens (tertiary/aromatic N) is 2. The molecule has 0 radical (unpaired) electrons. The average molecular weight is 395 g/mol. The fourth-order valence-corrected chi connectivity index (χ4v) is 4.38. The first-order chi connectivity index (χ1) is 10.8. The standard InChI is InChI=1S/C16H15BrN2O3S/c1-10-3-5-12(6-4-10)23(21,22)19-15(11(2)20)9-13-14(17)7-8-18-16(13)19/h3-9,11,20H,1-2H3. The zero-order valence-electron chi connectivity index (χ0n) is 12.6. The van der Waals surface area contributed by atoms with E-state index in [1.54, 1.807) is 36.4 Å². The van der Waals surface area contributed by atoms with Gasteiger partial charge in [0.15, 0.2) is 5.65 Å². The second kappa shape index (κ2) is 5.74. The molecule has 23 heavy (non-hydrogen) atoms. The largest absolute Gasteiger partial charge is 0.387 e. The summed E-state index contributed by atoms with van der Waals surface area (Å²) >= 11 is 3.40. The van der Waals surface area contributed by atoms with Crippen LogP contribution in [0.1, 0.15) is 24.3 Å². The SMILES string of the molecule is Cc1ccc(S(=O)(=O)n2c(C(C)O)cc3c(Br)ccnc32)cc1. The van der Waals surface area contributed by atoms with Gasteiger partial charge in [-0.3, -0.25) is 0 Å². The van der Waals surface area contributed by atoms with Crippen molar-refractivity contribution < 1.29 is 13.5 Å². The van der Waals surface area contributed by atoms with Crippen LogP contribution in [-0.4, -0.2) is 22.5 Å². The molecule has 3 aromatic rings. The number of fused-ring (bicyclic) bond motifs is 1. The second-order valence-electron chi connectivity index (χ2n) is 5.36. The van der Waals surface area contributed by atoms with Crippen LogP contribution in [0.25, 0.3) is 11.0 Å². The predicted molar refractivity (Wildman–Crippen MR) is 91.8 cm³/mol. The van der Waals surface area contributed by atoms with Crippen molar-refractivity contribution in [2.45, 2.75) is 24.8 Å². The Morgan fingerprint density at radius 2 is 1.87 bits per heavy atom. The number of hydrogen-bond donors (Lipinski definition) is 1. The lowest BCUT2D eigenvalue weighted by atomic mass is 10.2. The molecular weight excluding hydrogens is 380 g/mol. The average Bonchev–Trinajstić information content (AvgIpc) is 2.89. The number of pyridine rings is 1. The molecule has 1 aromatic carbocycles. The Balaban J connectivity index is 2.36. The molecule has 0 amide bonds. The summed E-state index contributed by atoms with van der Waals surface area (Å²) in [5, 5.41) is 10.7. The van der Waals surface area contributed by atoms with Gasteiger partial charge in [0, 0.05) is 16.1 Å². The molecule has 0 fully saturated rings. The lowest BCUT2D eigenvalue weighted by Gasteiger charge is -2.13. The number of hydrogen-bond acceptors (Lipinski definition) is 4. The fraction of sp³-hybridized carbons (Fsp3) is 0.188. The Labute approximate surface area is 142 Å². The third kappa shape index (κ3) is 2.69. The summed E-state index contributed by atoms with van der Waals surface area (Å²) in [7, 11) is -3.86. The minimum absolute atomic E-state index is 0.157. The van der Waals surface area contributed by atoms with Gasteiger partial charge < -0.3 is 5.11 Å². The van der Waals surface area contributed by atoms with Crippen molar-refractivity contribution in [1.29, 1.82) is 0 Å². The molecule has 1 unspecified atom stereocenters. The summed E-state index contributed by atoms with van der Waals surface area (Å²) in [6.07, 6.45) is 0.579. The Morgan fingerprint density at radius 1 is 1.22 bits per heavy atom. The molecule has 7 heteroatoms. The Bertz CT molecular complexity index is 976. The summed E-state index contributed by atoms with van der Waals surface area (Å²) in [5.74, 6) is 0. The van der Waals surface area contributed by atoms with Gasteiger partial charge >= 0.3 is 0 Å². The summed E-state index contributed by atoms with van der Waals surface area (Å²) in [6, 6.07) is 9.97. The van der Waals surface area contributed by atoms with Gasteiger partial charge in [0.2, 0.25) is 0 Å². The highest BCUT2D eigenvalue weighted by Gasteiger charge is 2.26. The van der Waals surface area contributed by atoms with Crippen molar-refractivity contribution in [3.8, 4) is 0 Å². The monoisotopic (exact) mass is 394 g/mol. The van der Waals surface area contributed by atoms with E-state index in [1.807, 2.05) is 6.92 Å². The van der Waals surface area contributed by atoms with Crippen molar-refractivity contribution >= 4 is 37.0 Å². The maximum absolute atomic E-state index is 13.1. The highest BCUT2D eigenvalue weighted by Crippen LogP contribution is 2.31. The molecule has 0 aliphatic rings. The summed E-state index contributed by atoms with van der Waals surface area (Å²) < 4.78 is 27.9. The number of aromatic nitrogens is 2. The first-order valence-corrected chi connectivity index (χ1v) is 9.22. The third-order valence-corrected chi connectivity index (χ3v) is 6.05. The van der Waals surface area contributed by atoms with Gasteiger partial charge in [-0.05, 0) is 54.0 Å². The van der Waals surface area contributed by atoms with Crippen LogP contribution in [0.2, 0.25) is 0 Å². The van der Waals surface area contributed by atoms with Gasteiger partial charge in [-0.15, -0.1) is 0 Å². The van der Waals surface area contributed by atoms with Crippen molar-refractivity contribution in [2.75, 3.05) is 0 Å². The molecule has 0 aliphatic heterocycles. The van der Waals surface area contributed by atoms with Crippen LogP contribution in [0.5, 0.6) is 0 Å². The van der Waals surface area contributed by atoms with E-state index >= 15 is 0 Å². The highest BCUT2D eigenvalue weighted by molar-refractivity contribution is 9.10. The van der Waals surface area contributed by atoms with Crippen molar-refractivity contribution in [3.63, 3.8) is 0 Å². The fourth-order valence-electron chi connectivity index (χ4n) is 2.42. The van der Waals surface area contributed by atoms with E-state index in [0.717, 1.165) is 14.0 Å². The highest BCUT2D eigenvalue weighted by atomic mass is 79.9. The molecule has 1 atom stereocenters. The maximum atomic E-state index is 13.1. The zero-order chi connectivity index (χ0) is 16.8. The van der Waals surface area contributed by atoms with E-state index in [1.165, 1.54) is 13.1 Å². The van der Waals surface area contributed by atoms with Crippen molar-refractivity contribution in [2.24, 2.45) is 0 Å². The van der Waals surface area contributed by atoms with Gasteiger partial charge in [-0.1, -0.05) is 17.7 Å². The minimum Gasteiger partial charge on any atom is -0.387 e. The second-order valence-corrected chi connectivity index (χ2v) is 8.00. The lowest BCUT2D eigenvalue weighted by molar-refractivity contribution is 0.193. The van der Waals surface area contributed by atoms with Crippen LogP contribution < -0.4 is 0 Å². The van der Waals surface area contributed by atoms with E-state index in [-0.39, 0.29) is 16.2 Å². The van der Waals surface area contributed by atoms with Crippen molar-refractivity contribution in [3.05, 3.63) is 58.3 Å². The molecule has 0 aliphatic carbocycles. The first kappa shape index (κ1) is 16.2. The number of aryl methyl sites for hydroxylation is 1. The Morgan fingerprint density at radius 3 is 2.48 bits per heavy atom. The minimum atomic E-state index is -3.86. The molecule has 0 saturated carbocycles. The zero-order valence-corrected chi connectivity index (χ0v) is 15.0.